The standard InChI is InChI=1S/C11H10F2N2S/c1-7-4-2-3-5-9(7)15-10(16)6-8(14-15)11(12)13/h2-6,11,14H,1H3. The van der Waals surface area contributed by atoms with Crippen LogP contribution in [0.1, 0.15) is 17.7 Å². The Morgan fingerprint density at radius 1 is 1.31 bits per heavy atom. The van der Waals surface area contributed by atoms with Crippen molar-refractivity contribution in [2.45, 2.75) is 13.3 Å². The Hall–Kier alpha value is -1.49. The van der Waals surface area contributed by atoms with E-state index in [1.165, 1.54) is 10.7 Å². The van der Waals surface area contributed by atoms with Gasteiger partial charge >= 0.3 is 0 Å². The summed E-state index contributed by atoms with van der Waals surface area (Å²) < 4.78 is 26.8. The van der Waals surface area contributed by atoms with E-state index in [0.29, 0.717) is 4.64 Å². The minimum Gasteiger partial charge on any atom is -0.291 e. The highest BCUT2D eigenvalue weighted by Gasteiger charge is 2.11. The van der Waals surface area contributed by atoms with E-state index in [4.69, 9.17) is 12.2 Å². The molecule has 0 saturated carbocycles. The number of nitrogens with one attached hydrogen (secondary N) is 1. The van der Waals surface area contributed by atoms with Gasteiger partial charge in [0.2, 0.25) is 0 Å². The molecule has 0 amide bonds. The number of aromatic amines is 1. The first-order chi connectivity index (χ1) is 7.59. The van der Waals surface area contributed by atoms with Crippen LogP contribution in [0, 0.1) is 11.6 Å². The maximum Gasteiger partial charge on any atom is 0.279 e. The molecule has 0 aliphatic carbocycles. The molecular weight excluding hydrogens is 230 g/mol. The topological polar surface area (TPSA) is 20.7 Å². The van der Waals surface area contributed by atoms with E-state index < -0.39 is 6.43 Å². The maximum absolute atomic E-state index is 12.5. The number of halogens is 2. The highest BCUT2D eigenvalue weighted by molar-refractivity contribution is 7.71. The second-order valence-electron chi connectivity index (χ2n) is 3.47. The minimum atomic E-state index is -2.54. The highest BCUT2D eigenvalue weighted by atomic mass is 32.1. The number of alkyl halides is 2. The van der Waals surface area contributed by atoms with E-state index in [1.54, 1.807) is 0 Å². The van der Waals surface area contributed by atoms with Crippen molar-refractivity contribution < 1.29 is 8.78 Å². The lowest BCUT2D eigenvalue weighted by atomic mass is 10.2. The molecule has 1 heterocycles. The third-order valence-corrected chi connectivity index (χ3v) is 2.63. The molecule has 1 aromatic carbocycles. The first-order valence-corrected chi connectivity index (χ1v) is 5.16. The van der Waals surface area contributed by atoms with E-state index >= 15 is 0 Å². The Balaban J connectivity index is 2.57. The summed E-state index contributed by atoms with van der Waals surface area (Å²) >= 11 is 5.03. The van der Waals surface area contributed by atoms with Gasteiger partial charge in [-0.05, 0) is 18.6 Å². The van der Waals surface area contributed by atoms with Crippen LogP contribution in [0.3, 0.4) is 0 Å². The van der Waals surface area contributed by atoms with Crippen LogP contribution in [-0.4, -0.2) is 9.78 Å². The van der Waals surface area contributed by atoms with Crippen molar-refractivity contribution in [3.05, 3.63) is 46.2 Å². The van der Waals surface area contributed by atoms with Gasteiger partial charge < -0.3 is 0 Å². The van der Waals surface area contributed by atoms with Gasteiger partial charge in [0, 0.05) is 6.07 Å². The molecule has 0 radical (unpaired) electrons. The number of H-pyrrole nitrogens is 1. The van der Waals surface area contributed by atoms with E-state index in [-0.39, 0.29) is 5.69 Å². The lowest BCUT2D eigenvalue weighted by molar-refractivity contribution is 0.145. The van der Waals surface area contributed by atoms with Gasteiger partial charge in [0.25, 0.3) is 6.43 Å². The SMILES string of the molecule is Cc1ccccc1-n1[nH]c(C(F)F)cc1=S. The van der Waals surface area contributed by atoms with Crippen molar-refractivity contribution in [1.29, 1.82) is 0 Å². The van der Waals surface area contributed by atoms with Crippen LogP contribution in [0.5, 0.6) is 0 Å². The first-order valence-electron chi connectivity index (χ1n) is 4.75. The predicted molar refractivity (Wildman–Crippen MR) is 60.6 cm³/mol. The monoisotopic (exact) mass is 240 g/mol. The number of hydrogen-bond donors (Lipinski definition) is 1. The Bertz CT molecular complexity index is 557. The molecule has 2 aromatic rings. The van der Waals surface area contributed by atoms with Crippen molar-refractivity contribution in [1.82, 2.24) is 9.78 Å². The summed E-state index contributed by atoms with van der Waals surface area (Å²) in [5.74, 6) is 0. The lowest BCUT2D eigenvalue weighted by Gasteiger charge is -2.06. The zero-order chi connectivity index (χ0) is 11.7. The molecule has 1 N–H and O–H groups in total. The molecule has 0 aliphatic rings. The molecule has 0 atom stereocenters. The normalized spacial score (nSPS) is 11.0. The summed E-state index contributed by atoms with van der Waals surface area (Å²) in [6.07, 6.45) is -2.54. The van der Waals surface area contributed by atoms with Crippen molar-refractivity contribution >= 4 is 12.2 Å². The van der Waals surface area contributed by atoms with Crippen molar-refractivity contribution in [3.8, 4) is 5.69 Å². The number of nitrogens with zero attached hydrogens (tertiary/aromatic N) is 1. The number of aromatic nitrogens is 2. The molecule has 2 rings (SSSR count). The number of aryl methyl sites for hydroxylation is 1. The molecule has 84 valence electrons. The second-order valence-corrected chi connectivity index (χ2v) is 3.89. The Kier molecular flexibility index (Phi) is 2.87. The fourth-order valence-electron chi connectivity index (χ4n) is 1.52. The van der Waals surface area contributed by atoms with Gasteiger partial charge in [-0.15, -0.1) is 0 Å². The molecule has 0 saturated heterocycles. The minimum absolute atomic E-state index is 0.159. The summed E-state index contributed by atoms with van der Waals surface area (Å²) in [6.45, 7) is 1.90. The Labute approximate surface area is 96.5 Å². The lowest BCUT2D eigenvalue weighted by Crippen LogP contribution is -1.99. The van der Waals surface area contributed by atoms with Crippen LogP contribution in [0.25, 0.3) is 5.69 Å². The fraction of sp³-hybridized carbons (Fsp3) is 0.182. The van der Waals surface area contributed by atoms with Crippen LogP contribution in [0.2, 0.25) is 0 Å². The van der Waals surface area contributed by atoms with Crippen LogP contribution >= 0.6 is 12.2 Å². The molecule has 5 heteroatoms. The number of benzene rings is 1. The number of para-hydroxylation sites is 1. The number of hydrogen-bond acceptors (Lipinski definition) is 1. The van der Waals surface area contributed by atoms with Crippen LogP contribution in [-0.2, 0) is 0 Å². The summed E-state index contributed by atoms with van der Waals surface area (Å²) in [4.78, 5) is 0. The largest absolute Gasteiger partial charge is 0.291 e. The second kappa shape index (κ2) is 4.17. The first kappa shape index (κ1) is 11.0. The van der Waals surface area contributed by atoms with E-state index in [2.05, 4.69) is 5.10 Å². The van der Waals surface area contributed by atoms with E-state index in [1.807, 2.05) is 31.2 Å². The zero-order valence-electron chi connectivity index (χ0n) is 8.58. The van der Waals surface area contributed by atoms with Crippen LogP contribution in [0.15, 0.2) is 30.3 Å². The predicted octanol–water partition coefficient (Wildman–Crippen LogP) is 3.78. The third kappa shape index (κ3) is 1.90. The summed E-state index contributed by atoms with van der Waals surface area (Å²) in [6, 6.07) is 8.75. The molecule has 1 aromatic heterocycles. The smallest absolute Gasteiger partial charge is 0.279 e. The van der Waals surface area contributed by atoms with Gasteiger partial charge in [-0.25, -0.2) is 13.5 Å². The van der Waals surface area contributed by atoms with Gasteiger partial charge in [0.05, 0.1) is 5.69 Å². The van der Waals surface area contributed by atoms with E-state index in [0.717, 1.165) is 11.3 Å². The molecule has 0 aliphatic heterocycles. The summed E-state index contributed by atoms with van der Waals surface area (Å²) in [5, 5.41) is 2.60. The average molecular weight is 240 g/mol. The average Bonchev–Trinajstić information content (AvgIpc) is 2.61. The van der Waals surface area contributed by atoms with Gasteiger partial charge in [-0.1, -0.05) is 30.4 Å². The van der Waals surface area contributed by atoms with Gasteiger partial charge in [-0.3, -0.25) is 5.10 Å². The maximum atomic E-state index is 12.5. The third-order valence-electron chi connectivity index (χ3n) is 2.33. The van der Waals surface area contributed by atoms with Crippen LogP contribution in [0.4, 0.5) is 8.78 Å². The summed E-state index contributed by atoms with van der Waals surface area (Å²) in [7, 11) is 0. The highest BCUT2D eigenvalue weighted by Crippen LogP contribution is 2.20. The Morgan fingerprint density at radius 3 is 2.56 bits per heavy atom. The van der Waals surface area contributed by atoms with Crippen LogP contribution < -0.4 is 0 Å². The fourth-order valence-corrected chi connectivity index (χ4v) is 1.79. The molecular formula is C11H10F2N2S. The van der Waals surface area contributed by atoms with Gasteiger partial charge in [0.15, 0.2) is 0 Å². The van der Waals surface area contributed by atoms with Gasteiger partial charge in [-0.2, -0.15) is 0 Å². The Morgan fingerprint density at radius 2 is 2.00 bits per heavy atom. The zero-order valence-corrected chi connectivity index (χ0v) is 9.39. The van der Waals surface area contributed by atoms with Crippen molar-refractivity contribution in [3.63, 3.8) is 0 Å². The molecule has 0 unspecified atom stereocenters. The molecule has 0 spiro atoms. The summed E-state index contributed by atoms with van der Waals surface area (Å²) in [5.41, 5.74) is 1.61. The van der Waals surface area contributed by atoms with Crippen molar-refractivity contribution in [2.75, 3.05) is 0 Å². The molecule has 0 bridgehead atoms. The van der Waals surface area contributed by atoms with Crippen molar-refractivity contribution in [2.24, 2.45) is 0 Å². The molecule has 16 heavy (non-hydrogen) atoms. The molecule has 2 nitrogen and oxygen atoms in total. The molecule has 0 fully saturated rings. The number of rotatable bonds is 2. The van der Waals surface area contributed by atoms with E-state index in [9.17, 15) is 8.78 Å². The van der Waals surface area contributed by atoms with Gasteiger partial charge in [0.1, 0.15) is 10.3 Å². The quantitative estimate of drug-likeness (QED) is 0.792.